The van der Waals surface area contributed by atoms with E-state index in [-0.39, 0.29) is 12.1 Å². The van der Waals surface area contributed by atoms with Gasteiger partial charge in [-0.25, -0.2) is 4.98 Å². The number of nitrogen functional groups attached to an aromatic ring is 1. The Balaban J connectivity index is 2.17. The first-order valence-electron chi connectivity index (χ1n) is 6.23. The Morgan fingerprint density at radius 2 is 2.06 bits per heavy atom. The number of pyridine rings is 1. The summed E-state index contributed by atoms with van der Waals surface area (Å²) in [6.45, 7) is 1.91. The first kappa shape index (κ1) is 12.2. The number of nitrogens with two attached hydrogens (primary N) is 1. The molecule has 0 spiro atoms. The summed E-state index contributed by atoms with van der Waals surface area (Å²) in [7, 11) is 2.00. The largest absolute Gasteiger partial charge is 0.397 e. The zero-order valence-electron chi connectivity index (χ0n) is 10.6. The van der Waals surface area contributed by atoms with Crippen LogP contribution in [0, 0.1) is 6.92 Å². The molecule has 1 aromatic rings. The first-order valence-corrected chi connectivity index (χ1v) is 6.23. The fourth-order valence-corrected chi connectivity index (χ4v) is 2.47. The molecule has 1 aliphatic rings. The first-order chi connectivity index (χ1) is 8.09. The predicted molar refractivity (Wildman–Crippen MR) is 70.1 cm³/mol. The van der Waals surface area contributed by atoms with Crippen molar-refractivity contribution in [3.63, 3.8) is 0 Å². The van der Waals surface area contributed by atoms with Crippen LogP contribution in [0.15, 0.2) is 12.1 Å². The second-order valence-electron chi connectivity index (χ2n) is 4.87. The molecule has 0 amide bonds. The van der Waals surface area contributed by atoms with Crippen LogP contribution in [-0.2, 0) is 0 Å². The molecule has 17 heavy (non-hydrogen) atoms. The number of hydrogen-bond donors (Lipinski definition) is 2. The van der Waals surface area contributed by atoms with Gasteiger partial charge in [-0.1, -0.05) is 12.8 Å². The number of aliphatic hydroxyl groups excluding tert-OH is 1. The highest BCUT2D eigenvalue weighted by Gasteiger charge is 2.27. The lowest BCUT2D eigenvalue weighted by molar-refractivity contribution is 0.106. The van der Waals surface area contributed by atoms with Crippen LogP contribution < -0.4 is 10.6 Å². The molecule has 1 fully saturated rings. The minimum atomic E-state index is -0.242. The standard InChI is InChI=1S/C13H21N3O/c1-9-10(14)7-8-13(15-9)16(2)11-5-3-4-6-12(11)17/h7-8,11-12,17H,3-6,14H2,1-2H3. The van der Waals surface area contributed by atoms with Gasteiger partial charge in [0.2, 0.25) is 0 Å². The van der Waals surface area contributed by atoms with Gasteiger partial charge in [-0.2, -0.15) is 0 Å². The highest BCUT2D eigenvalue weighted by Crippen LogP contribution is 2.26. The van der Waals surface area contributed by atoms with Crippen molar-refractivity contribution in [3.8, 4) is 0 Å². The van der Waals surface area contributed by atoms with E-state index in [0.717, 1.165) is 30.8 Å². The molecule has 0 aromatic carbocycles. The van der Waals surface area contributed by atoms with E-state index in [1.807, 2.05) is 26.1 Å². The van der Waals surface area contributed by atoms with Crippen LogP contribution in [0.2, 0.25) is 0 Å². The molecule has 0 saturated heterocycles. The van der Waals surface area contributed by atoms with E-state index in [1.54, 1.807) is 0 Å². The Morgan fingerprint density at radius 1 is 1.35 bits per heavy atom. The van der Waals surface area contributed by atoms with E-state index in [0.29, 0.717) is 5.69 Å². The van der Waals surface area contributed by atoms with E-state index < -0.39 is 0 Å². The summed E-state index contributed by atoms with van der Waals surface area (Å²) in [5.41, 5.74) is 7.33. The molecule has 0 radical (unpaired) electrons. The maximum atomic E-state index is 10.0. The van der Waals surface area contributed by atoms with Crippen molar-refractivity contribution in [2.45, 2.75) is 44.8 Å². The van der Waals surface area contributed by atoms with Crippen molar-refractivity contribution in [1.29, 1.82) is 0 Å². The van der Waals surface area contributed by atoms with Gasteiger partial charge in [0.25, 0.3) is 0 Å². The molecule has 1 aromatic heterocycles. The van der Waals surface area contributed by atoms with Crippen LogP contribution in [0.3, 0.4) is 0 Å². The number of aromatic nitrogens is 1. The molecule has 94 valence electrons. The van der Waals surface area contributed by atoms with Crippen molar-refractivity contribution < 1.29 is 5.11 Å². The Hall–Kier alpha value is -1.29. The molecule has 1 heterocycles. The normalized spacial score (nSPS) is 24.6. The van der Waals surface area contributed by atoms with E-state index in [9.17, 15) is 5.11 Å². The van der Waals surface area contributed by atoms with Gasteiger partial charge in [0.1, 0.15) is 5.82 Å². The summed E-state index contributed by atoms with van der Waals surface area (Å²) in [4.78, 5) is 6.55. The zero-order valence-corrected chi connectivity index (χ0v) is 10.6. The van der Waals surface area contributed by atoms with Crippen molar-refractivity contribution in [2.75, 3.05) is 17.7 Å². The molecule has 2 atom stereocenters. The summed E-state index contributed by atoms with van der Waals surface area (Å²) in [6.07, 6.45) is 3.99. The van der Waals surface area contributed by atoms with Crippen LogP contribution in [0.1, 0.15) is 31.4 Å². The highest BCUT2D eigenvalue weighted by atomic mass is 16.3. The van der Waals surface area contributed by atoms with Crippen LogP contribution in [0.4, 0.5) is 11.5 Å². The van der Waals surface area contributed by atoms with Crippen LogP contribution in [-0.4, -0.2) is 29.3 Å². The fourth-order valence-electron chi connectivity index (χ4n) is 2.47. The van der Waals surface area contributed by atoms with Gasteiger partial charge in [0, 0.05) is 7.05 Å². The molecule has 0 aliphatic heterocycles. The number of likely N-dealkylation sites (N-methyl/N-ethyl adjacent to an activating group) is 1. The monoisotopic (exact) mass is 235 g/mol. The van der Waals surface area contributed by atoms with Gasteiger partial charge < -0.3 is 15.7 Å². The number of aliphatic hydroxyl groups is 1. The second kappa shape index (κ2) is 4.92. The third-order valence-corrected chi connectivity index (χ3v) is 3.66. The Morgan fingerprint density at radius 3 is 2.71 bits per heavy atom. The van der Waals surface area contributed by atoms with Gasteiger partial charge in [-0.3, -0.25) is 0 Å². The molecule has 0 bridgehead atoms. The smallest absolute Gasteiger partial charge is 0.129 e. The van der Waals surface area contributed by atoms with E-state index in [2.05, 4.69) is 9.88 Å². The lowest BCUT2D eigenvalue weighted by atomic mass is 9.91. The zero-order chi connectivity index (χ0) is 12.4. The minimum absolute atomic E-state index is 0.180. The average Bonchev–Trinajstić information content (AvgIpc) is 2.32. The summed E-state index contributed by atoms with van der Waals surface area (Å²) in [6, 6.07) is 3.98. The topological polar surface area (TPSA) is 62.4 Å². The maximum Gasteiger partial charge on any atom is 0.129 e. The molecule has 2 rings (SSSR count). The van der Waals surface area contributed by atoms with Crippen LogP contribution >= 0.6 is 0 Å². The van der Waals surface area contributed by atoms with E-state index in [1.165, 1.54) is 6.42 Å². The van der Waals surface area contributed by atoms with E-state index in [4.69, 9.17) is 5.73 Å². The molecular weight excluding hydrogens is 214 g/mol. The van der Waals surface area contributed by atoms with Crippen molar-refractivity contribution in [2.24, 2.45) is 0 Å². The number of rotatable bonds is 2. The van der Waals surface area contributed by atoms with Crippen LogP contribution in [0.5, 0.6) is 0 Å². The van der Waals surface area contributed by atoms with Crippen molar-refractivity contribution in [1.82, 2.24) is 4.98 Å². The molecule has 1 saturated carbocycles. The summed E-state index contributed by atoms with van der Waals surface area (Å²) < 4.78 is 0. The predicted octanol–water partition coefficient (Wildman–Crippen LogP) is 1.71. The second-order valence-corrected chi connectivity index (χ2v) is 4.87. The third kappa shape index (κ3) is 2.52. The molecule has 1 aliphatic carbocycles. The SMILES string of the molecule is Cc1nc(N(C)C2CCCCC2O)ccc1N. The number of aryl methyl sites for hydroxylation is 1. The van der Waals surface area contributed by atoms with Crippen molar-refractivity contribution >= 4 is 11.5 Å². The Bertz CT molecular complexity index is 394. The summed E-state index contributed by atoms with van der Waals surface area (Å²) >= 11 is 0. The summed E-state index contributed by atoms with van der Waals surface area (Å²) in [5.74, 6) is 0.891. The number of anilines is 2. The fraction of sp³-hybridized carbons (Fsp3) is 0.615. The molecule has 4 heteroatoms. The summed E-state index contributed by atoms with van der Waals surface area (Å²) in [5, 5.41) is 10.0. The van der Waals surface area contributed by atoms with Gasteiger partial charge in [-0.15, -0.1) is 0 Å². The minimum Gasteiger partial charge on any atom is -0.397 e. The molecule has 4 nitrogen and oxygen atoms in total. The lowest BCUT2D eigenvalue weighted by Gasteiger charge is -2.36. The van der Waals surface area contributed by atoms with Gasteiger partial charge >= 0.3 is 0 Å². The third-order valence-electron chi connectivity index (χ3n) is 3.66. The van der Waals surface area contributed by atoms with Crippen molar-refractivity contribution in [3.05, 3.63) is 17.8 Å². The lowest BCUT2D eigenvalue weighted by Crippen LogP contribution is -2.43. The van der Waals surface area contributed by atoms with Gasteiger partial charge in [-0.05, 0) is 31.9 Å². The highest BCUT2D eigenvalue weighted by molar-refractivity contribution is 5.50. The van der Waals surface area contributed by atoms with E-state index >= 15 is 0 Å². The Labute approximate surface area is 102 Å². The van der Waals surface area contributed by atoms with Crippen LogP contribution in [0.25, 0.3) is 0 Å². The van der Waals surface area contributed by atoms with Gasteiger partial charge in [0.05, 0.1) is 23.5 Å². The average molecular weight is 235 g/mol. The molecule has 2 unspecified atom stereocenters. The number of hydrogen-bond acceptors (Lipinski definition) is 4. The maximum absolute atomic E-state index is 10.0. The quantitative estimate of drug-likeness (QED) is 0.819. The Kier molecular flexibility index (Phi) is 3.52. The van der Waals surface area contributed by atoms with Gasteiger partial charge in [0.15, 0.2) is 0 Å². The molecule has 3 N–H and O–H groups in total. The number of nitrogens with zero attached hydrogens (tertiary/aromatic N) is 2. The molecular formula is C13H21N3O.